The minimum absolute atomic E-state index is 0.428. The van der Waals surface area contributed by atoms with E-state index < -0.39 is 0 Å². The Morgan fingerprint density at radius 3 is 2.78 bits per heavy atom. The van der Waals surface area contributed by atoms with Gasteiger partial charge in [0.15, 0.2) is 0 Å². The average molecular weight is 279 g/mol. The highest BCUT2D eigenvalue weighted by atomic mass is 35.5. The summed E-state index contributed by atoms with van der Waals surface area (Å²) in [4.78, 5) is 11.1. The second kappa shape index (κ2) is 4.15. The molecule has 6 heteroatoms. The van der Waals surface area contributed by atoms with Crippen molar-refractivity contribution in [1.82, 2.24) is 15.0 Å². The van der Waals surface area contributed by atoms with Crippen molar-refractivity contribution < 1.29 is 0 Å². The topological polar surface area (TPSA) is 67.6 Å². The zero-order valence-electron chi connectivity index (χ0n) is 9.11. The number of halogens is 2. The number of aromatic amines is 1. The van der Waals surface area contributed by atoms with Gasteiger partial charge in [0, 0.05) is 28.9 Å². The van der Waals surface area contributed by atoms with Gasteiger partial charge in [-0.1, -0.05) is 29.3 Å². The molecule has 18 heavy (non-hydrogen) atoms. The molecule has 3 rings (SSSR count). The van der Waals surface area contributed by atoms with Crippen LogP contribution in [-0.4, -0.2) is 15.0 Å². The molecule has 3 N–H and O–H groups in total. The molecule has 0 amide bonds. The first kappa shape index (κ1) is 11.3. The Hall–Kier alpha value is -1.78. The zero-order valence-corrected chi connectivity index (χ0v) is 10.6. The van der Waals surface area contributed by atoms with E-state index in [1.165, 1.54) is 6.33 Å². The molecule has 0 spiro atoms. The Bertz CT molecular complexity index is 736. The fourth-order valence-electron chi connectivity index (χ4n) is 1.91. The van der Waals surface area contributed by atoms with Crippen LogP contribution in [0.3, 0.4) is 0 Å². The second-order valence-electron chi connectivity index (χ2n) is 3.81. The molecule has 0 aliphatic heterocycles. The van der Waals surface area contributed by atoms with E-state index in [4.69, 9.17) is 28.9 Å². The van der Waals surface area contributed by atoms with Crippen LogP contribution in [0.15, 0.2) is 30.9 Å². The number of benzene rings is 1. The van der Waals surface area contributed by atoms with Gasteiger partial charge in [0.2, 0.25) is 0 Å². The van der Waals surface area contributed by atoms with Gasteiger partial charge in [0.05, 0.1) is 15.6 Å². The highest BCUT2D eigenvalue weighted by Crippen LogP contribution is 2.36. The maximum atomic E-state index is 6.14. The predicted octanol–water partition coefficient (Wildman–Crippen LogP) is 3.51. The molecular weight excluding hydrogens is 271 g/mol. The van der Waals surface area contributed by atoms with Crippen molar-refractivity contribution in [1.29, 1.82) is 0 Å². The van der Waals surface area contributed by atoms with Crippen LogP contribution in [0.5, 0.6) is 0 Å². The SMILES string of the molecule is Nc1ncncc1-c1c[nH]c2c(Cl)c(Cl)ccc12. The molecule has 0 bridgehead atoms. The lowest BCUT2D eigenvalue weighted by Gasteiger charge is -2.03. The van der Waals surface area contributed by atoms with E-state index in [1.807, 2.05) is 12.3 Å². The molecule has 1 aromatic carbocycles. The van der Waals surface area contributed by atoms with Crippen molar-refractivity contribution in [3.05, 3.63) is 40.9 Å². The summed E-state index contributed by atoms with van der Waals surface area (Å²) in [6.45, 7) is 0. The number of fused-ring (bicyclic) bond motifs is 1. The third kappa shape index (κ3) is 1.62. The van der Waals surface area contributed by atoms with E-state index in [0.29, 0.717) is 15.9 Å². The van der Waals surface area contributed by atoms with Gasteiger partial charge in [-0.15, -0.1) is 0 Å². The van der Waals surface area contributed by atoms with Gasteiger partial charge < -0.3 is 10.7 Å². The van der Waals surface area contributed by atoms with Crippen molar-refractivity contribution in [2.45, 2.75) is 0 Å². The number of nitrogen functional groups attached to an aromatic ring is 1. The number of H-pyrrole nitrogens is 1. The van der Waals surface area contributed by atoms with E-state index >= 15 is 0 Å². The van der Waals surface area contributed by atoms with Crippen LogP contribution in [-0.2, 0) is 0 Å². The van der Waals surface area contributed by atoms with Gasteiger partial charge in [-0.3, -0.25) is 0 Å². The average Bonchev–Trinajstić information content (AvgIpc) is 2.79. The van der Waals surface area contributed by atoms with Gasteiger partial charge in [-0.25, -0.2) is 9.97 Å². The van der Waals surface area contributed by atoms with E-state index in [-0.39, 0.29) is 0 Å². The zero-order chi connectivity index (χ0) is 12.7. The molecule has 0 atom stereocenters. The minimum atomic E-state index is 0.428. The maximum Gasteiger partial charge on any atom is 0.134 e. The third-order valence-corrected chi connectivity index (χ3v) is 3.58. The lowest BCUT2D eigenvalue weighted by Crippen LogP contribution is -1.94. The molecule has 90 valence electrons. The van der Waals surface area contributed by atoms with Crippen LogP contribution in [0.4, 0.5) is 5.82 Å². The molecule has 0 aliphatic rings. The number of nitrogens with two attached hydrogens (primary N) is 1. The Kier molecular flexibility index (Phi) is 2.61. The monoisotopic (exact) mass is 278 g/mol. The molecule has 0 fully saturated rings. The summed E-state index contributed by atoms with van der Waals surface area (Å²) in [7, 11) is 0. The summed E-state index contributed by atoms with van der Waals surface area (Å²) in [5.41, 5.74) is 8.30. The Morgan fingerprint density at radius 1 is 1.17 bits per heavy atom. The van der Waals surface area contributed by atoms with E-state index in [9.17, 15) is 0 Å². The summed E-state index contributed by atoms with van der Waals surface area (Å²) in [5, 5.41) is 1.94. The predicted molar refractivity (Wildman–Crippen MR) is 73.8 cm³/mol. The molecule has 0 saturated carbocycles. The van der Waals surface area contributed by atoms with E-state index in [0.717, 1.165) is 22.0 Å². The van der Waals surface area contributed by atoms with Crippen LogP contribution in [0.25, 0.3) is 22.0 Å². The number of nitrogens with zero attached hydrogens (tertiary/aromatic N) is 2. The molecule has 2 aromatic heterocycles. The van der Waals surface area contributed by atoms with E-state index in [2.05, 4.69) is 15.0 Å². The molecule has 3 aromatic rings. The lowest BCUT2D eigenvalue weighted by molar-refractivity contribution is 1.18. The highest BCUT2D eigenvalue weighted by Gasteiger charge is 2.13. The summed E-state index contributed by atoms with van der Waals surface area (Å²) in [5.74, 6) is 0.428. The van der Waals surface area contributed by atoms with Gasteiger partial charge in [-0.05, 0) is 6.07 Å². The standard InChI is InChI=1S/C12H8Cl2N4/c13-9-2-1-6-7(4-17-11(6)10(9)14)8-3-16-5-18-12(8)15/h1-5,17H,(H2,15,16,18). The quantitative estimate of drug-likeness (QED) is 0.716. The van der Waals surface area contributed by atoms with Crippen LogP contribution in [0.1, 0.15) is 0 Å². The van der Waals surface area contributed by atoms with Crippen LogP contribution >= 0.6 is 23.2 Å². The fourth-order valence-corrected chi connectivity index (χ4v) is 2.28. The molecular formula is C12H8Cl2N4. The molecule has 0 unspecified atom stereocenters. The van der Waals surface area contributed by atoms with Crippen LogP contribution < -0.4 is 5.73 Å². The van der Waals surface area contributed by atoms with Crippen LogP contribution in [0, 0.1) is 0 Å². The molecule has 2 heterocycles. The van der Waals surface area contributed by atoms with Crippen molar-refractivity contribution in [2.24, 2.45) is 0 Å². The number of hydrogen-bond donors (Lipinski definition) is 2. The van der Waals surface area contributed by atoms with Gasteiger partial charge >= 0.3 is 0 Å². The van der Waals surface area contributed by atoms with Gasteiger partial charge in [0.25, 0.3) is 0 Å². The molecule has 4 nitrogen and oxygen atoms in total. The summed E-state index contributed by atoms with van der Waals surface area (Å²) in [6, 6.07) is 3.64. The number of aromatic nitrogens is 3. The number of hydrogen-bond acceptors (Lipinski definition) is 3. The first-order chi connectivity index (χ1) is 8.68. The smallest absolute Gasteiger partial charge is 0.134 e. The van der Waals surface area contributed by atoms with Crippen molar-refractivity contribution in [3.63, 3.8) is 0 Å². The summed E-state index contributed by atoms with van der Waals surface area (Å²) >= 11 is 12.1. The normalized spacial score (nSPS) is 11.0. The maximum absolute atomic E-state index is 6.14. The first-order valence-corrected chi connectivity index (χ1v) is 5.95. The summed E-state index contributed by atoms with van der Waals surface area (Å²) in [6.07, 6.45) is 4.91. The van der Waals surface area contributed by atoms with E-state index in [1.54, 1.807) is 12.3 Å². The Balaban J connectivity index is 2.32. The van der Waals surface area contributed by atoms with Crippen molar-refractivity contribution in [2.75, 3.05) is 5.73 Å². The lowest BCUT2D eigenvalue weighted by atomic mass is 10.1. The molecule has 0 aliphatic carbocycles. The highest BCUT2D eigenvalue weighted by molar-refractivity contribution is 6.45. The molecule has 0 saturated heterocycles. The first-order valence-electron chi connectivity index (χ1n) is 5.19. The Morgan fingerprint density at radius 2 is 2.00 bits per heavy atom. The number of nitrogens with one attached hydrogen (secondary N) is 1. The fraction of sp³-hybridized carbons (Fsp3) is 0. The van der Waals surface area contributed by atoms with Gasteiger partial charge in [0.1, 0.15) is 12.1 Å². The van der Waals surface area contributed by atoms with Crippen LogP contribution in [0.2, 0.25) is 10.0 Å². The number of rotatable bonds is 1. The minimum Gasteiger partial charge on any atom is -0.383 e. The second-order valence-corrected chi connectivity index (χ2v) is 4.59. The third-order valence-electron chi connectivity index (χ3n) is 2.78. The number of anilines is 1. The summed E-state index contributed by atoms with van der Waals surface area (Å²) < 4.78 is 0. The van der Waals surface area contributed by atoms with Gasteiger partial charge in [-0.2, -0.15) is 0 Å². The Labute approximate surface area is 113 Å². The largest absolute Gasteiger partial charge is 0.383 e. The van der Waals surface area contributed by atoms with Crippen molar-refractivity contribution >= 4 is 39.9 Å². The molecule has 0 radical (unpaired) electrons. The van der Waals surface area contributed by atoms with Crippen molar-refractivity contribution in [3.8, 4) is 11.1 Å².